The summed E-state index contributed by atoms with van der Waals surface area (Å²) in [6.45, 7) is 6.22. The highest BCUT2D eigenvalue weighted by molar-refractivity contribution is 7.48. The Hall–Kier alpha value is -6.15. The minimum Gasteiger partial charge on any atom is -0.496 e. The van der Waals surface area contributed by atoms with E-state index in [9.17, 15) is 58.8 Å². The lowest BCUT2D eigenvalue weighted by Gasteiger charge is -2.47. The second kappa shape index (κ2) is 23.2. The molecule has 0 saturated heterocycles. The number of phosphoric ester groups is 1. The molecule has 0 aliphatic heterocycles. The first kappa shape index (κ1) is 58.7. The fraction of sp³-hybridized carbons (Fsp3) is 0.385. The number of halogens is 10. The van der Waals surface area contributed by atoms with Crippen LogP contribution in [0.3, 0.4) is 0 Å². The molecule has 1 unspecified atom stereocenters. The summed E-state index contributed by atoms with van der Waals surface area (Å²) in [4.78, 5) is 28.5. The summed E-state index contributed by atoms with van der Waals surface area (Å²) in [5.41, 5.74) is -10.7. The topological polar surface area (TPSA) is 130 Å². The summed E-state index contributed by atoms with van der Waals surface area (Å²) in [6, 6.07) is 18.6. The normalized spacial score (nSPS) is 14.3. The number of ether oxygens (including phenoxy) is 3. The van der Waals surface area contributed by atoms with E-state index in [0.29, 0.717) is 28.2 Å². The van der Waals surface area contributed by atoms with Gasteiger partial charge in [-0.2, -0.15) is 39.5 Å². The maximum Gasteiger partial charge on any atom is 0.506 e. The Morgan fingerprint density at radius 3 is 1.58 bits per heavy atom. The number of carboxylic acid groups (broad SMARTS) is 1. The Morgan fingerprint density at radius 2 is 1.14 bits per heavy atom. The van der Waals surface area contributed by atoms with E-state index in [-0.39, 0.29) is 40.6 Å². The molecule has 0 heterocycles. The van der Waals surface area contributed by atoms with Gasteiger partial charge in [0.05, 0.1) is 56.2 Å². The Kier molecular flexibility index (Phi) is 18.4. The molecule has 5 rings (SSSR count). The highest BCUT2D eigenvalue weighted by Gasteiger charge is 2.54. The number of amides is 1. The van der Waals surface area contributed by atoms with Gasteiger partial charge in [0.25, 0.3) is 0 Å². The van der Waals surface area contributed by atoms with Crippen molar-refractivity contribution in [2.45, 2.75) is 110 Å². The molecule has 5 aromatic rings. The highest BCUT2D eigenvalue weighted by Crippen LogP contribution is 2.54. The highest BCUT2D eigenvalue weighted by atomic mass is 31.2. The molecule has 0 radical (unpaired) electrons. The van der Waals surface area contributed by atoms with Crippen LogP contribution in [-0.4, -0.2) is 47.6 Å². The van der Waals surface area contributed by atoms with Crippen LogP contribution in [0.25, 0.3) is 11.1 Å². The molecule has 0 saturated carbocycles. The Morgan fingerprint density at radius 1 is 0.635 bits per heavy atom. The van der Waals surface area contributed by atoms with Crippen molar-refractivity contribution in [2.24, 2.45) is 5.92 Å². The third-order valence-corrected chi connectivity index (χ3v) is 13.1. The van der Waals surface area contributed by atoms with E-state index >= 15 is 4.39 Å². The molecule has 0 bridgehead atoms. The number of hydrogen-bond donors (Lipinski definition) is 1. The van der Waals surface area contributed by atoms with Crippen molar-refractivity contribution in [3.05, 3.63) is 160 Å². The van der Waals surface area contributed by atoms with Crippen LogP contribution in [0.5, 0.6) is 5.75 Å². The molecule has 11 nitrogen and oxygen atoms in total. The first-order chi connectivity index (χ1) is 34.3. The van der Waals surface area contributed by atoms with Gasteiger partial charge in [-0.15, -0.1) is 0 Å². The second-order valence-electron chi connectivity index (χ2n) is 18.5. The number of carbonyl (C=O) groups is 2. The van der Waals surface area contributed by atoms with Crippen molar-refractivity contribution in [1.29, 1.82) is 0 Å². The van der Waals surface area contributed by atoms with Gasteiger partial charge in [-0.1, -0.05) is 87.5 Å². The van der Waals surface area contributed by atoms with Crippen LogP contribution in [0.1, 0.15) is 98.9 Å². The molecule has 1 N–H and O–H groups in total. The number of hydrogen-bond acceptors (Lipinski definition) is 9. The third-order valence-electron chi connectivity index (χ3n) is 11.7. The lowest BCUT2D eigenvalue weighted by atomic mass is 9.75. The predicted molar refractivity (Wildman–Crippen MR) is 251 cm³/mol. The first-order valence-corrected chi connectivity index (χ1v) is 24.1. The van der Waals surface area contributed by atoms with E-state index in [1.165, 1.54) is 26.8 Å². The van der Waals surface area contributed by atoms with Crippen LogP contribution in [0, 0.1) is 11.7 Å². The lowest BCUT2D eigenvalue weighted by molar-refractivity contribution is -0.145. The number of nitrogens with zero attached hydrogens (tertiary/aromatic N) is 1. The Bertz CT molecular complexity index is 2700. The zero-order valence-electron chi connectivity index (χ0n) is 41.2. The molecule has 22 heteroatoms. The van der Waals surface area contributed by atoms with Gasteiger partial charge >= 0.3 is 38.6 Å². The number of methoxy groups -OCH3 is 1. The molecule has 0 aromatic heterocycles. The maximum absolute atomic E-state index is 15.4. The Labute approximate surface area is 420 Å². The third kappa shape index (κ3) is 14.8. The second-order valence-corrected chi connectivity index (χ2v) is 20.2. The molecule has 74 heavy (non-hydrogen) atoms. The van der Waals surface area contributed by atoms with Gasteiger partial charge in [0.2, 0.25) is 0 Å². The summed E-state index contributed by atoms with van der Waals surface area (Å²) >= 11 is 0. The average Bonchev–Trinajstić information content (AvgIpc) is 3.31. The van der Waals surface area contributed by atoms with Crippen molar-refractivity contribution in [3.8, 4) is 16.9 Å². The van der Waals surface area contributed by atoms with Crippen LogP contribution in [0.2, 0.25) is 0 Å². The monoisotopic (exact) mass is 1070 g/mol. The van der Waals surface area contributed by atoms with Crippen molar-refractivity contribution in [2.75, 3.05) is 13.7 Å². The SMILES string of the molecule is COc1cc(F)c(C(C)C)cc1-c1ccc(C(F)(F)F)cc1CN(C(=O)OC(C)(C)C)[C@@H](C)[C@](OC(=O)O)(c1cc(C(F)(F)F)cc(C(F)(F)F)c1)C(C)COP(=O)(OCc1ccccc1)OCc1ccccc1. The first-order valence-electron chi connectivity index (χ1n) is 22.7. The number of carbonyl (C=O) groups excluding carboxylic acids is 1. The molecule has 0 aliphatic carbocycles. The van der Waals surface area contributed by atoms with Gasteiger partial charge in [0.1, 0.15) is 17.2 Å². The fourth-order valence-electron chi connectivity index (χ4n) is 8.05. The standard InChI is InChI=1S/C52H54F10NO10P/c1-31(2)42-25-43(45(68-8)26-44(42)53)41-20-19-37(50(54,55)56)21-36(41)27-63(46(64)72-48(5,6)7)33(4)49(73-47(65)66,38-22-39(51(57,58)59)24-40(23-38)52(60,61)62)32(3)28-69-74(67,70-29-34-15-11-9-12-16-34)71-30-35-17-13-10-14-18-35/h9-26,31-33H,27-30H2,1-8H3,(H,65,66)/t32?,33-,49-/m0/s1. The maximum atomic E-state index is 15.4. The van der Waals surface area contributed by atoms with Crippen LogP contribution in [0.4, 0.5) is 53.5 Å². The summed E-state index contributed by atoms with van der Waals surface area (Å²) in [7, 11) is -3.78. The molecular weight excluding hydrogens is 1020 g/mol. The summed E-state index contributed by atoms with van der Waals surface area (Å²) < 4.78 is 196. The van der Waals surface area contributed by atoms with Gasteiger partial charge in [-0.05, 0) is 103 Å². The van der Waals surface area contributed by atoms with Gasteiger partial charge in [0.15, 0.2) is 5.60 Å². The van der Waals surface area contributed by atoms with E-state index < -0.39 is 128 Å². The van der Waals surface area contributed by atoms with E-state index in [0.717, 1.165) is 33.1 Å². The van der Waals surface area contributed by atoms with Crippen molar-refractivity contribution in [1.82, 2.24) is 4.90 Å². The van der Waals surface area contributed by atoms with E-state index in [1.807, 2.05) is 0 Å². The van der Waals surface area contributed by atoms with Crippen LogP contribution in [-0.2, 0) is 71.5 Å². The molecule has 0 fully saturated rings. The van der Waals surface area contributed by atoms with E-state index in [2.05, 4.69) is 0 Å². The molecule has 3 atom stereocenters. The molecule has 1 amide bonds. The largest absolute Gasteiger partial charge is 0.506 e. The van der Waals surface area contributed by atoms with Crippen molar-refractivity contribution in [3.63, 3.8) is 0 Å². The van der Waals surface area contributed by atoms with Gasteiger partial charge < -0.3 is 19.3 Å². The lowest BCUT2D eigenvalue weighted by Crippen LogP contribution is -2.58. The van der Waals surface area contributed by atoms with Crippen molar-refractivity contribution >= 4 is 20.1 Å². The number of rotatable bonds is 19. The minimum atomic E-state index is -5.55. The number of benzene rings is 5. The van der Waals surface area contributed by atoms with Gasteiger partial charge in [0, 0.05) is 17.5 Å². The fourth-order valence-corrected chi connectivity index (χ4v) is 9.30. The zero-order valence-corrected chi connectivity index (χ0v) is 42.1. The smallest absolute Gasteiger partial charge is 0.496 e. The zero-order chi connectivity index (χ0) is 55.2. The number of phosphoric acid groups is 1. The molecule has 5 aromatic carbocycles. The summed E-state index contributed by atoms with van der Waals surface area (Å²) in [6.07, 6.45) is -20.0. The number of alkyl halides is 9. The molecule has 0 spiro atoms. The molecule has 402 valence electrons. The van der Waals surface area contributed by atoms with Crippen LogP contribution in [0.15, 0.2) is 109 Å². The molecule has 0 aliphatic rings. The predicted octanol–water partition coefficient (Wildman–Crippen LogP) is 15.6. The average molecular weight is 1070 g/mol. The van der Waals surface area contributed by atoms with Gasteiger partial charge in [-0.25, -0.2) is 18.5 Å². The van der Waals surface area contributed by atoms with E-state index in [1.54, 1.807) is 74.5 Å². The van der Waals surface area contributed by atoms with E-state index in [4.69, 9.17) is 27.8 Å². The van der Waals surface area contributed by atoms with Gasteiger partial charge in [-0.3, -0.25) is 18.5 Å². The Balaban J connectivity index is 1.83. The summed E-state index contributed by atoms with van der Waals surface area (Å²) in [5.74, 6) is -3.39. The van der Waals surface area contributed by atoms with Crippen LogP contribution >= 0.6 is 7.82 Å². The molecular formula is C52H54F10NO10P. The quantitative estimate of drug-likeness (QED) is 0.0485. The summed E-state index contributed by atoms with van der Waals surface area (Å²) in [5, 5.41) is 10.6. The van der Waals surface area contributed by atoms with Crippen molar-refractivity contribution < 1.29 is 90.9 Å². The van der Waals surface area contributed by atoms with Crippen LogP contribution < -0.4 is 4.74 Å². The minimum absolute atomic E-state index is 0.0117.